The molecule has 0 amide bonds. The Kier molecular flexibility index (Phi) is 6.41. The van der Waals surface area contributed by atoms with Crippen LogP contribution < -0.4 is 10.5 Å². The van der Waals surface area contributed by atoms with Crippen LogP contribution in [0.1, 0.15) is 17.5 Å². The Hall–Kier alpha value is -1.15. The monoisotopic (exact) mass is 302 g/mol. The molecule has 1 aromatic rings. The molecule has 0 saturated heterocycles. The van der Waals surface area contributed by atoms with E-state index in [9.17, 15) is 8.42 Å². The maximum Gasteiger partial charge on any atom is 0.241 e. The highest BCUT2D eigenvalue weighted by Crippen LogP contribution is 2.22. The average molecular weight is 302 g/mol. The highest BCUT2D eigenvalue weighted by molar-refractivity contribution is 7.89. The molecule has 0 aliphatic heterocycles. The maximum atomic E-state index is 12.2. The first kappa shape index (κ1) is 16.9. The van der Waals surface area contributed by atoms with E-state index in [1.165, 1.54) is 0 Å². The SMILES string of the molecule is Cc1cc(N)cc(C)c1S(=O)(=O)NCCCOCCO. The minimum Gasteiger partial charge on any atom is -0.399 e. The van der Waals surface area contributed by atoms with E-state index >= 15 is 0 Å². The van der Waals surface area contributed by atoms with Crippen LogP contribution in [0.4, 0.5) is 5.69 Å². The van der Waals surface area contributed by atoms with Crippen molar-refractivity contribution in [2.24, 2.45) is 0 Å². The lowest BCUT2D eigenvalue weighted by Gasteiger charge is -2.13. The number of nitrogens with one attached hydrogen (secondary N) is 1. The molecule has 0 atom stereocenters. The summed E-state index contributed by atoms with van der Waals surface area (Å²) in [6.07, 6.45) is 0.548. The van der Waals surface area contributed by atoms with Gasteiger partial charge in [-0.25, -0.2) is 13.1 Å². The minimum atomic E-state index is -3.54. The Morgan fingerprint density at radius 2 is 1.85 bits per heavy atom. The number of nitrogens with two attached hydrogens (primary N) is 1. The molecule has 0 fully saturated rings. The first-order chi connectivity index (χ1) is 9.38. The molecule has 7 heteroatoms. The van der Waals surface area contributed by atoms with Gasteiger partial charge in [-0.05, 0) is 43.5 Å². The van der Waals surface area contributed by atoms with E-state index in [2.05, 4.69) is 4.72 Å². The van der Waals surface area contributed by atoms with Crippen LogP contribution in [-0.2, 0) is 14.8 Å². The average Bonchev–Trinajstić information content (AvgIpc) is 2.31. The Balaban J connectivity index is 2.66. The Labute approximate surface area is 120 Å². The zero-order valence-corrected chi connectivity index (χ0v) is 12.7. The first-order valence-electron chi connectivity index (χ1n) is 6.43. The van der Waals surface area contributed by atoms with E-state index in [4.69, 9.17) is 15.6 Å². The van der Waals surface area contributed by atoms with E-state index in [0.29, 0.717) is 29.8 Å². The summed E-state index contributed by atoms with van der Waals surface area (Å²) in [5, 5.41) is 8.54. The lowest BCUT2D eigenvalue weighted by molar-refractivity contribution is 0.0913. The zero-order valence-electron chi connectivity index (χ0n) is 11.8. The molecule has 0 aliphatic rings. The maximum absolute atomic E-state index is 12.2. The topological polar surface area (TPSA) is 102 Å². The fourth-order valence-corrected chi connectivity index (χ4v) is 3.55. The summed E-state index contributed by atoms with van der Waals surface area (Å²) in [4.78, 5) is 0.281. The number of nitrogen functional groups attached to an aromatic ring is 1. The van der Waals surface area contributed by atoms with Crippen LogP contribution in [-0.4, -0.2) is 39.9 Å². The van der Waals surface area contributed by atoms with Crippen molar-refractivity contribution >= 4 is 15.7 Å². The molecule has 0 saturated carbocycles. The quantitative estimate of drug-likeness (QED) is 0.481. The molecule has 1 aromatic carbocycles. The predicted octanol–water partition coefficient (Wildman–Crippen LogP) is 0.563. The molecule has 0 aromatic heterocycles. The van der Waals surface area contributed by atoms with Gasteiger partial charge in [0.1, 0.15) is 0 Å². The summed E-state index contributed by atoms with van der Waals surface area (Å²) in [6.45, 7) is 4.38. The van der Waals surface area contributed by atoms with Crippen LogP contribution in [0.2, 0.25) is 0 Å². The largest absolute Gasteiger partial charge is 0.399 e. The second-order valence-electron chi connectivity index (χ2n) is 4.57. The van der Waals surface area contributed by atoms with Gasteiger partial charge in [-0.3, -0.25) is 0 Å². The lowest BCUT2D eigenvalue weighted by Crippen LogP contribution is -2.27. The number of benzene rings is 1. The van der Waals surface area contributed by atoms with Gasteiger partial charge in [-0.2, -0.15) is 0 Å². The van der Waals surface area contributed by atoms with Crippen LogP contribution in [0, 0.1) is 13.8 Å². The summed E-state index contributed by atoms with van der Waals surface area (Å²) in [5.74, 6) is 0. The molecule has 0 bridgehead atoms. The minimum absolute atomic E-state index is 0.0322. The molecule has 1 rings (SSSR count). The number of sulfonamides is 1. The molecule has 0 unspecified atom stereocenters. The van der Waals surface area contributed by atoms with Crippen molar-refractivity contribution in [2.75, 3.05) is 32.1 Å². The number of aliphatic hydroxyl groups excluding tert-OH is 1. The Morgan fingerprint density at radius 3 is 2.40 bits per heavy atom. The van der Waals surface area contributed by atoms with Crippen molar-refractivity contribution in [1.82, 2.24) is 4.72 Å². The summed E-state index contributed by atoms with van der Waals surface area (Å²) in [6, 6.07) is 3.29. The molecular weight excluding hydrogens is 280 g/mol. The summed E-state index contributed by atoms with van der Waals surface area (Å²) >= 11 is 0. The van der Waals surface area contributed by atoms with E-state index < -0.39 is 10.0 Å². The van der Waals surface area contributed by atoms with Crippen molar-refractivity contribution in [3.8, 4) is 0 Å². The van der Waals surface area contributed by atoms with Gasteiger partial charge in [0.25, 0.3) is 0 Å². The number of rotatable bonds is 8. The van der Waals surface area contributed by atoms with Crippen molar-refractivity contribution in [2.45, 2.75) is 25.2 Å². The number of ether oxygens (including phenoxy) is 1. The van der Waals surface area contributed by atoms with E-state index in [-0.39, 0.29) is 24.7 Å². The number of aryl methyl sites for hydroxylation is 2. The third-order valence-electron chi connectivity index (χ3n) is 2.74. The van der Waals surface area contributed by atoms with Crippen molar-refractivity contribution < 1.29 is 18.3 Å². The van der Waals surface area contributed by atoms with Gasteiger partial charge in [0.15, 0.2) is 0 Å². The number of aliphatic hydroxyl groups is 1. The molecule has 0 heterocycles. The number of hydrogen-bond donors (Lipinski definition) is 3. The van der Waals surface area contributed by atoms with E-state index in [1.54, 1.807) is 26.0 Å². The van der Waals surface area contributed by atoms with Crippen LogP contribution in [0.15, 0.2) is 17.0 Å². The standard InChI is InChI=1S/C13H22N2O4S/c1-10-8-12(14)9-11(2)13(10)20(17,18)15-4-3-6-19-7-5-16/h8-9,15-16H,3-7,14H2,1-2H3. The first-order valence-corrected chi connectivity index (χ1v) is 7.92. The Morgan fingerprint density at radius 1 is 1.25 bits per heavy atom. The second kappa shape index (κ2) is 7.58. The zero-order chi connectivity index (χ0) is 15.2. The van der Waals surface area contributed by atoms with Gasteiger partial charge in [0.2, 0.25) is 10.0 Å². The highest BCUT2D eigenvalue weighted by atomic mass is 32.2. The lowest BCUT2D eigenvalue weighted by atomic mass is 10.1. The fourth-order valence-electron chi connectivity index (χ4n) is 2.03. The molecule has 0 aliphatic carbocycles. The van der Waals surface area contributed by atoms with Crippen molar-refractivity contribution in [3.63, 3.8) is 0 Å². The van der Waals surface area contributed by atoms with Crippen molar-refractivity contribution in [3.05, 3.63) is 23.3 Å². The molecule has 6 nitrogen and oxygen atoms in total. The molecule has 4 N–H and O–H groups in total. The molecular formula is C13H22N2O4S. The summed E-state index contributed by atoms with van der Waals surface area (Å²) in [5.41, 5.74) is 7.50. The Bertz CT molecular complexity index is 520. The second-order valence-corrected chi connectivity index (χ2v) is 6.27. The van der Waals surface area contributed by atoms with E-state index in [1.807, 2.05) is 0 Å². The van der Waals surface area contributed by atoms with Crippen molar-refractivity contribution in [1.29, 1.82) is 0 Å². The van der Waals surface area contributed by atoms with Gasteiger partial charge in [-0.15, -0.1) is 0 Å². The van der Waals surface area contributed by atoms with Crippen LogP contribution in [0.5, 0.6) is 0 Å². The van der Waals surface area contributed by atoms with Gasteiger partial charge in [-0.1, -0.05) is 0 Å². The smallest absolute Gasteiger partial charge is 0.241 e. The number of hydrogen-bond acceptors (Lipinski definition) is 5. The summed E-state index contributed by atoms with van der Waals surface area (Å²) < 4.78 is 32.1. The fraction of sp³-hybridized carbons (Fsp3) is 0.538. The third-order valence-corrected chi connectivity index (χ3v) is 4.51. The van der Waals surface area contributed by atoms with Gasteiger partial charge in [0.05, 0.1) is 18.1 Å². The van der Waals surface area contributed by atoms with Gasteiger partial charge >= 0.3 is 0 Å². The number of anilines is 1. The highest BCUT2D eigenvalue weighted by Gasteiger charge is 2.19. The molecule has 114 valence electrons. The van der Waals surface area contributed by atoms with E-state index in [0.717, 1.165) is 0 Å². The third kappa shape index (κ3) is 4.75. The van der Waals surface area contributed by atoms with Crippen LogP contribution in [0.3, 0.4) is 0 Å². The van der Waals surface area contributed by atoms with Crippen LogP contribution in [0.25, 0.3) is 0 Å². The normalized spacial score (nSPS) is 11.8. The van der Waals surface area contributed by atoms with Crippen LogP contribution >= 0.6 is 0 Å². The predicted molar refractivity (Wildman–Crippen MR) is 78.0 cm³/mol. The molecule has 0 spiro atoms. The molecule has 20 heavy (non-hydrogen) atoms. The molecule has 0 radical (unpaired) electrons. The van der Waals surface area contributed by atoms with Gasteiger partial charge < -0.3 is 15.6 Å². The summed E-state index contributed by atoms with van der Waals surface area (Å²) in [7, 11) is -3.54. The van der Waals surface area contributed by atoms with Gasteiger partial charge in [0, 0.05) is 18.8 Å².